The molecule has 1 unspecified atom stereocenters. The van der Waals surface area contributed by atoms with Crippen molar-refractivity contribution in [2.75, 3.05) is 17.5 Å². The van der Waals surface area contributed by atoms with E-state index in [1.54, 1.807) is 67.6 Å². The van der Waals surface area contributed by atoms with E-state index in [1.165, 1.54) is 17.0 Å². The third-order valence-electron chi connectivity index (χ3n) is 7.27. The van der Waals surface area contributed by atoms with Crippen LogP contribution in [0.3, 0.4) is 0 Å². The average Bonchev–Trinajstić information content (AvgIpc) is 3.49. The molecule has 1 saturated carbocycles. The van der Waals surface area contributed by atoms with Crippen molar-refractivity contribution in [3.8, 4) is 5.75 Å². The van der Waals surface area contributed by atoms with Gasteiger partial charge in [0, 0.05) is 22.6 Å². The molecule has 0 bridgehead atoms. The molecule has 11 heteroatoms. The van der Waals surface area contributed by atoms with Crippen molar-refractivity contribution >= 4 is 50.7 Å². The zero-order chi connectivity index (χ0) is 30.3. The lowest BCUT2D eigenvalue weighted by Gasteiger charge is -2.32. The molecule has 4 rings (SSSR count). The summed E-state index contributed by atoms with van der Waals surface area (Å²) in [5.74, 6) is -0.332. The first kappa shape index (κ1) is 31.7. The second kappa shape index (κ2) is 14.3. The lowest BCUT2D eigenvalue weighted by molar-refractivity contribution is -0.139. The van der Waals surface area contributed by atoms with Gasteiger partial charge in [0.1, 0.15) is 18.3 Å². The predicted molar refractivity (Wildman–Crippen MR) is 165 cm³/mol. The Kier molecular flexibility index (Phi) is 10.8. The van der Waals surface area contributed by atoms with Gasteiger partial charge in [-0.1, -0.05) is 60.3 Å². The van der Waals surface area contributed by atoms with E-state index in [1.807, 2.05) is 6.92 Å². The minimum atomic E-state index is -4.18. The number of ether oxygens (including phenoxy) is 1. The van der Waals surface area contributed by atoms with Gasteiger partial charge >= 0.3 is 0 Å². The van der Waals surface area contributed by atoms with Crippen molar-refractivity contribution in [2.24, 2.45) is 0 Å². The molecule has 224 valence electrons. The zero-order valence-electron chi connectivity index (χ0n) is 23.6. The van der Waals surface area contributed by atoms with E-state index in [2.05, 4.69) is 5.32 Å². The van der Waals surface area contributed by atoms with Crippen LogP contribution >= 0.6 is 23.2 Å². The van der Waals surface area contributed by atoms with Crippen LogP contribution in [0, 0.1) is 0 Å². The predicted octanol–water partition coefficient (Wildman–Crippen LogP) is 6.06. The highest BCUT2D eigenvalue weighted by molar-refractivity contribution is 7.92. The van der Waals surface area contributed by atoms with E-state index >= 15 is 0 Å². The largest absolute Gasteiger partial charge is 0.494 e. The Labute approximate surface area is 257 Å². The molecule has 1 aliphatic carbocycles. The van der Waals surface area contributed by atoms with Crippen LogP contribution in [-0.4, -0.2) is 50.4 Å². The molecule has 0 saturated heterocycles. The molecule has 1 fully saturated rings. The van der Waals surface area contributed by atoms with E-state index < -0.39 is 28.5 Å². The van der Waals surface area contributed by atoms with Crippen LogP contribution in [-0.2, 0) is 26.2 Å². The van der Waals surface area contributed by atoms with Gasteiger partial charge in [-0.05, 0) is 80.8 Å². The molecular formula is C31H35Cl2N3O5S. The van der Waals surface area contributed by atoms with Crippen LogP contribution in [0.5, 0.6) is 5.75 Å². The van der Waals surface area contributed by atoms with Crippen LogP contribution in [0.25, 0.3) is 0 Å². The fourth-order valence-corrected chi connectivity index (χ4v) is 6.82. The SMILES string of the molecule is CCOc1ccc(S(=O)(=O)N(CC(=O)N(Cc2ccc(Cl)cc2Cl)C(C)C(=O)NC2CCCC2)c2ccccc2)cc1. The maximum absolute atomic E-state index is 14.1. The molecule has 3 aromatic carbocycles. The lowest BCUT2D eigenvalue weighted by atomic mass is 10.1. The topological polar surface area (TPSA) is 96.0 Å². The molecule has 0 heterocycles. The van der Waals surface area contributed by atoms with E-state index in [4.69, 9.17) is 27.9 Å². The van der Waals surface area contributed by atoms with Gasteiger partial charge in [-0.25, -0.2) is 8.42 Å². The van der Waals surface area contributed by atoms with Crippen molar-refractivity contribution < 1.29 is 22.7 Å². The molecule has 0 spiro atoms. The van der Waals surface area contributed by atoms with E-state index in [0.717, 1.165) is 30.0 Å². The van der Waals surface area contributed by atoms with Gasteiger partial charge in [-0.3, -0.25) is 13.9 Å². The number of hydrogen-bond donors (Lipinski definition) is 1. The number of nitrogens with zero attached hydrogens (tertiary/aromatic N) is 2. The maximum Gasteiger partial charge on any atom is 0.264 e. The maximum atomic E-state index is 14.1. The van der Waals surface area contributed by atoms with E-state index in [9.17, 15) is 18.0 Å². The summed E-state index contributed by atoms with van der Waals surface area (Å²) in [5.41, 5.74) is 0.892. The Morgan fingerprint density at radius 1 is 1.00 bits per heavy atom. The first-order valence-corrected chi connectivity index (χ1v) is 16.1. The normalized spacial score (nSPS) is 14.3. The Morgan fingerprint density at radius 3 is 2.29 bits per heavy atom. The van der Waals surface area contributed by atoms with Gasteiger partial charge in [0.25, 0.3) is 10.0 Å². The number of benzene rings is 3. The first-order chi connectivity index (χ1) is 20.1. The summed E-state index contributed by atoms with van der Waals surface area (Å²) in [6, 6.07) is 18.5. The summed E-state index contributed by atoms with van der Waals surface area (Å²) < 4.78 is 34.4. The summed E-state index contributed by atoms with van der Waals surface area (Å²) in [6.07, 6.45) is 3.85. The molecule has 1 N–H and O–H groups in total. The smallest absolute Gasteiger partial charge is 0.264 e. The Morgan fingerprint density at radius 2 is 1.67 bits per heavy atom. The standard InChI is InChI=1S/C31H35Cl2N3O5S/c1-3-41-27-15-17-28(18-16-27)42(39,40)36(26-11-5-4-6-12-26)21-30(37)35(20-23-13-14-24(32)19-29(23)33)22(2)31(38)34-25-9-7-8-10-25/h4-6,11-19,22,25H,3,7-10,20-21H2,1-2H3,(H,34,38). The lowest BCUT2D eigenvalue weighted by Crippen LogP contribution is -2.52. The number of anilines is 1. The van der Waals surface area contributed by atoms with Crippen LogP contribution in [0.15, 0.2) is 77.7 Å². The Hall–Kier alpha value is -3.27. The van der Waals surface area contributed by atoms with Crippen LogP contribution in [0.2, 0.25) is 10.0 Å². The van der Waals surface area contributed by atoms with Crippen molar-refractivity contribution in [3.63, 3.8) is 0 Å². The number of rotatable bonds is 12. The molecule has 1 aliphatic rings. The second-order valence-electron chi connectivity index (χ2n) is 10.2. The van der Waals surface area contributed by atoms with Crippen LogP contribution in [0.1, 0.15) is 45.1 Å². The van der Waals surface area contributed by atoms with Gasteiger partial charge in [-0.15, -0.1) is 0 Å². The number of amides is 2. The van der Waals surface area contributed by atoms with Gasteiger partial charge in [0.15, 0.2) is 0 Å². The van der Waals surface area contributed by atoms with Gasteiger partial charge < -0.3 is 15.0 Å². The number of halogens is 2. The Bertz CT molecular complexity index is 1480. The van der Waals surface area contributed by atoms with Crippen molar-refractivity contribution in [1.29, 1.82) is 0 Å². The third-order valence-corrected chi connectivity index (χ3v) is 9.65. The van der Waals surface area contributed by atoms with E-state index in [-0.39, 0.29) is 23.4 Å². The number of carbonyl (C=O) groups is 2. The molecule has 3 aromatic rings. The monoisotopic (exact) mass is 631 g/mol. The van der Waals surface area contributed by atoms with Crippen molar-refractivity contribution in [3.05, 3.63) is 88.4 Å². The summed E-state index contributed by atoms with van der Waals surface area (Å²) in [6.45, 7) is 3.37. The molecule has 42 heavy (non-hydrogen) atoms. The summed E-state index contributed by atoms with van der Waals surface area (Å²) >= 11 is 12.5. The quantitative estimate of drug-likeness (QED) is 0.262. The number of sulfonamides is 1. The first-order valence-electron chi connectivity index (χ1n) is 13.9. The number of carbonyl (C=O) groups excluding carboxylic acids is 2. The van der Waals surface area contributed by atoms with Crippen molar-refractivity contribution in [2.45, 2.75) is 63.1 Å². The van der Waals surface area contributed by atoms with E-state index in [0.29, 0.717) is 33.7 Å². The fraction of sp³-hybridized carbons (Fsp3) is 0.355. The highest BCUT2D eigenvalue weighted by Crippen LogP contribution is 2.27. The summed E-state index contributed by atoms with van der Waals surface area (Å²) in [4.78, 5) is 28.8. The highest BCUT2D eigenvalue weighted by Gasteiger charge is 2.33. The minimum absolute atomic E-state index is 0.00178. The third kappa shape index (κ3) is 7.76. The van der Waals surface area contributed by atoms with Crippen LogP contribution < -0.4 is 14.4 Å². The molecule has 0 aliphatic heterocycles. The molecule has 0 radical (unpaired) electrons. The molecular weight excluding hydrogens is 597 g/mol. The van der Waals surface area contributed by atoms with Crippen molar-refractivity contribution in [1.82, 2.24) is 10.2 Å². The fourth-order valence-electron chi connectivity index (χ4n) is 4.93. The number of para-hydroxylation sites is 1. The summed E-state index contributed by atoms with van der Waals surface area (Å²) in [7, 11) is -4.18. The van der Waals surface area contributed by atoms with Gasteiger partial charge in [0.2, 0.25) is 11.8 Å². The zero-order valence-corrected chi connectivity index (χ0v) is 26.0. The molecule has 8 nitrogen and oxygen atoms in total. The average molecular weight is 633 g/mol. The highest BCUT2D eigenvalue weighted by atomic mass is 35.5. The summed E-state index contributed by atoms with van der Waals surface area (Å²) in [5, 5.41) is 3.82. The number of nitrogens with one attached hydrogen (secondary N) is 1. The molecule has 2 amide bonds. The van der Waals surface area contributed by atoms with Crippen LogP contribution in [0.4, 0.5) is 5.69 Å². The Balaban J connectivity index is 1.67. The second-order valence-corrected chi connectivity index (χ2v) is 12.9. The number of hydrogen-bond acceptors (Lipinski definition) is 5. The van der Waals surface area contributed by atoms with Gasteiger partial charge in [0.05, 0.1) is 17.2 Å². The molecule has 0 aromatic heterocycles. The minimum Gasteiger partial charge on any atom is -0.494 e. The van der Waals surface area contributed by atoms with Gasteiger partial charge in [-0.2, -0.15) is 0 Å². The molecule has 1 atom stereocenters.